The van der Waals surface area contributed by atoms with Crippen molar-refractivity contribution in [3.05, 3.63) is 30.1 Å². The molecule has 1 aliphatic rings. The van der Waals surface area contributed by atoms with Gasteiger partial charge in [0.25, 0.3) is 0 Å². The van der Waals surface area contributed by atoms with E-state index in [0.29, 0.717) is 0 Å². The second-order valence-corrected chi connectivity index (χ2v) is 5.47. The summed E-state index contributed by atoms with van der Waals surface area (Å²) in [6.07, 6.45) is 4.38. The van der Waals surface area contributed by atoms with Crippen molar-refractivity contribution in [2.45, 2.75) is 26.4 Å². The van der Waals surface area contributed by atoms with E-state index in [2.05, 4.69) is 23.7 Å². The fourth-order valence-electron chi connectivity index (χ4n) is 2.86. The van der Waals surface area contributed by atoms with Crippen molar-refractivity contribution < 1.29 is 5.11 Å². The summed E-state index contributed by atoms with van der Waals surface area (Å²) < 4.78 is 0. The number of aliphatic hydroxyl groups is 1. The second-order valence-electron chi connectivity index (χ2n) is 5.47. The molecule has 0 amide bonds. The Balaban J connectivity index is 1.92. The summed E-state index contributed by atoms with van der Waals surface area (Å²) in [5.74, 6) is 1.47. The number of aliphatic hydroxyl groups excluding tert-OH is 1. The van der Waals surface area contributed by atoms with Crippen LogP contribution in [0.3, 0.4) is 0 Å². The van der Waals surface area contributed by atoms with Crippen molar-refractivity contribution in [1.82, 2.24) is 9.88 Å². The number of likely N-dealkylation sites (tertiary alicyclic amines) is 1. The van der Waals surface area contributed by atoms with Crippen molar-refractivity contribution in [2.75, 3.05) is 19.6 Å². The molecule has 0 aliphatic carbocycles. The minimum Gasteiger partial charge on any atom is -0.387 e. The van der Waals surface area contributed by atoms with E-state index in [0.717, 1.165) is 37.0 Å². The molecule has 0 bridgehead atoms. The van der Waals surface area contributed by atoms with Gasteiger partial charge in [-0.3, -0.25) is 9.88 Å². The van der Waals surface area contributed by atoms with Crippen molar-refractivity contribution >= 4 is 0 Å². The zero-order chi connectivity index (χ0) is 12.3. The first-order chi connectivity index (χ1) is 8.15. The standard InChI is InChI=1S/C14H22N2O/c1-11-6-12(2)9-16(8-11)10-14(17)13-4-3-5-15-7-13/h3-5,7,11-12,14,17H,6,8-10H2,1-2H3. The molecule has 0 saturated carbocycles. The first kappa shape index (κ1) is 12.5. The van der Waals surface area contributed by atoms with Crippen LogP contribution in [0.25, 0.3) is 0 Å². The quantitative estimate of drug-likeness (QED) is 0.870. The maximum atomic E-state index is 10.2. The molecule has 3 atom stereocenters. The Kier molecular flexibility index (Phi) is 4.13. The molecule has 1 saturated heterocycles. The molecule has 1 aromatic rings. The third kappa shape index (κ3) is 3.51. The summed E-state index contributed by atoms with van der Waals surface area (Å²) in [4.78, 5) is 6.42. The van der Waals surface area contributed by atoms with Crippen LogP contribution < -0.4 is 0 Å². The maximum absolute atomic E-state index is 10.2. The summed E-state index contributed by atoms with van der Waals surface area (Å²) in [7, 11) is 0. The van der Waals surface area contributed by atoms with Crippen molar-refractivity contribution in [3.63, 3.8) is 0 Å². The van der Waals surface area contributed by atoms with Gasteiger partial charge in [0.2, 0.25) is 0 Å². The fraction of sp³-hybridized carbons (Fsp3) is 0.643. The molecule has 2 heterocycles. The number of rotatable bonds is 3. The highest BCUT2D eigenvalue weighted by atomic mass is 16.3. The van der Waals surface area contributed by atoms with E-state index in [-0.39, 0.29) is 0 Å². The Morgan fingerprint density at radius 1 is 1.41 bits per heavy atom. The zero-order valence-corrected chi connectivity index (χ0v) is 10.7. The molecule has 1 aliphatic heterocycles. The van der Waals surface area contributed by atoms with E-state index in [1.54, 1.807) is 12.4 Å². The van der Waals surface area contributed by atoms with Gasteiger partial charge in [-0.15, -0.1) is 0 Å². The first-order valence-electron chi connectivity index (χ1n) is 6.45. The van der Waals surface area contributed by atoms with Crippen molar-refractivity contribution in [2.24, 2.45) is 11.8 Å². The molecule has 1 aromatic heterocycles. The lowest BCUT2D eigenvalue weighted by atomic mass is 9.91. The van der Waals surface area contributed by atoms with Gasteiger partial charge in [-0.25, -0.2) is 0 Å². The van der Waals surface area contributed by atoms with E-state index >= 15 is 0 Å². The summed E-state index contributed by atoms with van der Waals surface area (Å²) in [5, 5.41) is 10.2. The number of piperidine rings is 1. The molecule has 1 fully saturated rings. The normalized spacial score (nSPS) is 27.9. The molecule has 3 heteroatoms. The maximum Gasteiger partial charge on any atom is 0.0931 e. The van der Waals surface area contributed by atoms with Gasteiger partial charge in [-0.05, 0) is 24.3 Å². The van der Waals surface area contributed by atoms with Crippen LogP contribution in [-0.4, -0.2) is 34.6 Å². The van der Waals surface area contributed by atoms with Gasteiger partial charge < -0.3 is 5.11 Å². The molecule has 1 N–H and O–H groups in total. The molecular formula is C14H22N2O. The highest BCUT2D eigenvalue weighted by Crippen LogP contribution is 2.23. The summed E-state index contributed by atoms with van der Waals surface area (Å²) >= 11 is 0. The minimum absolute atomic E-state index is 0.416. The predicted octanol–water partition coefficient (Wildman–Crippen LogP) is 2.09. The first-order valence-corrected chi connectivity index (χ1v) is 6.45. The molecule has 94 valence electrons. The molecule has 3 nitrogen and oxygen atoms in total. The Morgan fingerprint density at radius 2 is 2.12 bits per heavy atom. The van der Waals surface area contributed by atoms with Crippen molar-refractivity contribution in [3.8, 4) is 0 Å². The number of pyridine rings is 1. The number of β-amino-alcohol motifs (C(OH)–C–C–N with tert-alkyl or cyclic N) is 1. The monoisotopic (exact) mass is 234 g/mol. The van der Waals surface area contributed by atoms with Gasteiger partial charge in [-0.2, -0.15) is 0 Å². The Labute approximate surface area is 103 Å². The van der Waals surface area contributed by atoms with Crippen LogP contribution in [0.15, 0.2) is 24.5 Å². The lowest BCUT2D eigenvalue weighted by molar-refractivity contribution is 0.0698. The van der Waals surface area contributed by atoms with Crippen LogP contribution >= 0.6 is 0 Å². The van der Waals surface area contributed by atoms with Gasteiger partial charge >= 0.3 is 0 Å². The van der Waals surface area contributed by atoms with Crippen LogP contribution in [0, 0.1) is 11.8 Å². The average Bonchev–Trinajstić information content (AvgIpc) is 2.28. The Morgan fingerprint density at radius 3 is 2.71 bits per heavy atom. The highest BCUT2D eigenvalue weighted by molar-refractivity contribution is 5.12. The third-order valence-electron chi connectivity index (χ3n) is 3.44. The van der Waals surface area contributed by atoms with E-state index < -0.39 is 6.10 Å². The van der Waals surface area contributed by atoms with E-state index in [4.69, 9.17) is 0 Å². The van der Waals surface area contributed by atoms with Crippen LogP contribution in [0.1, 0.15) is 31.9 Å². The number of hydrogen-bond donors (Lipinski definition) is 1. The number of aromatic nitrogens is 1. The smallest absolute Gasteiger partial charge is 0.0931 e. The van der Waals surface area contributed by atoms with Crippen LogP contribution in [0.5, 0.6) is 0 Å². The van der Waals surface area contributed by atoms with E-state index in [1.165, 1.54) is 6.42 Å². The molecule has 0 radical (unpaired) electrons. The van der Waals surface area contributed by atoms with E-state index in [1.807, 2.05) is 12.1 Å². The van der Waals surface area contributed by atoms with Crippen LogP contribution in [0.2, 0.25) is 0 Å². The van der Waals surface area contributed by atoms with Gasteiger partial charge in [0.15, 0.2) is 0 Å². The average molecular weight is 234 g/mol. The van der Waals surface area contributed by atoms with Crippen LogP contribution in [0.4, 0.5) is 0 Å². The summed E-state index contributed by atoms with van der Waals surface area (Å²) in [5.41, 5.74) is 0.915. The molecule has 3 unspecified atom stereocenters. The highest BCUT2D eigenvalue weighted by Gasteiger charge is 2.23. The predicted molar refractivity (Wildman–Crippen MR) is 68.6 cm³/mol. The third-order valence-corrected chi connectivity index (χ3v) is 3.44. The molecule has 17 heavy (non-hydrogen) atoms. The summed E-state index contributed by atoms with van der Waals surface area (Å²) in [6, 6.07) is 3.81. The SMILES string of the molecule is CC1CC(C)CN(CC(O)c2cccnc2)C1. The van der Waals surface area contributed by atoms with Crippen molar-refractivity contribution in [1.29, 1.82) is 0 Å². The number of hydrogen-bond acceptors (Lipinski definition) is 3. The Bertz CT molecular complexity index is 331. The topological polar surface area (TPSA) is 36.4 Å². The largest absolute Gasteiger partial charge is 0.387 e. The lowest BCUT2D eigenvalue weighted by Crippen LogP contribution is -2.40. The van der Waals surface area contributed by atoms with Gasteiger partial charge in [0.05, 0.1) is 6.10 Å². The zero-order valence-electron chi connectivity index (χ0n) is 10.7. The second kappa shape index (κ2) is 5.61. The van der Waals surface area contributed by atoms with Gasteiger partial charge in [0.1, 0.15) is 0 Å². The van der Waals surface area contributed by atoms with E-state index in [9.17, 15) is 5.11 Å². The minimum atomic E-state index is -0.416. The molecular weight excluding hydrogens is 212 g/mol. The summed E-state index contributed by atoms with van der Waals surface area (Å²) in [6.45, 7) is 7.50. The molecule has 0 spiro atoms. The molecule has 0 aromatic carbocycles. The van der Waals surface area contributed by atoms with Crippen LogP contribution in [-0.2, 0) is 0 Å². The van der Waals surface area contributed by atoms with Gasteiger partial charge in [0, 0.05) is 37.6 Å². The lowest BCUT2D eigenvalue weighted by Gasteiger charge is -2.36. The Hall–Kier alpha value is -0.930. The number of nitrogens with zero attached hydrogens (tertiary/aromatic N) is 2. The fourth-order valence-corrected chi connectivity index (χ4v) is 2.86. The molecule has 2 rings (SSSR count). The van der Waals surface area contributed by atoms with Gasteiger partial charge in [-0.1, -0.05) is 19.9 Å².